The summed E-state index contributed by atoms with van der Waals surface area (Å²) < 4.78 is 5.03. The van der Waals surface area contributed by atoms with E-state index in [0.29, 0.717) is 19.7 Å². The summed E-state index contributed by atoms with van der Waals surface area (Å²) in [6, 6.07) is 9.92. The number of nitrogens with zero attached hydrogens (tertiary/aromatic N) is 1. The van der Waals surface area contributed by atoms with E-state index in [1.54, 1.807) is 12.0 Å². The first kappa shape index (κ1) is 14.0. The Labute approximate surface area is 114 Å². The average molecular weight is 263 g/mol. The van der Waals surface area contributed by atoms with Crippen molar-refractivity contribution >= 4 is 5.91 Å². The van der Waals surface area contributed by atoms with Gasteiger partial charge in [-0.3, -0.25) is 4.79 Å². The van der Waals surface area contributed by atoms with Gasteiger partial charge in [0, 0.05) is 20.2 Å². The monoisotopic (exact) mass is 263 g/mol. The molecule has 1 fully saturated rings. The van der Waals surface area contributed by atoms with Crippen molar-refractivity contribution in [2.24, 2.45) is 0 Å². The molecule has 104 valence electrons. The van der Waals surface area contributed by atoms with Gasteiger partial charge in [-0.25, -0.2) is 0 Å². The molecule has 1 N–H and O–H groups in total. The summed E-state index contributed by atoms with van der Waals surface area (Å²) in [5, 5.41) is 9.11. The molecular weight excluding hydrogens is 242 g/mol. The lowest BCUT2D eigenvalue weighted by atomic mass is 9.94. The van der Waals surface area contributed by atoms with Gasteiger partial charge in [0.1, 0.15) is 0 Å². The minimum Gasteiger partial charge on any atom is -0.395 e. The maximum Gasteiger partial charge on any atom is 0.233 e. The van der Waals surface area contributed by atoms with Gasteiger partial charge in [0.2, 0.25) is 5.91 Å². The van der Waals surface area contributed by atoms with Crippen LogP contribution in [0.5, 0.6) is 0 Å². The Kier molecular flexibility index (Phi) is 4.56. The molecule has 1 saturated carbocycles. The van der Waals surface area contributed by atoms with Crippen LogP contribution < -0.4 is 0 Å². The second-order valence-electron chi connectivity index (χ2n) is 4.96. The van der Waals surface area contributed by atoms with Gasteiger partial charge >= 0.3 is 0 Å². The molecule has 0 radical (unpaired) electrons. The van der Waals surface area contributed by atoms with Crippen molar-refractivity contribution in [1.29, 1.82) is 0 Å². The molecule has 0 heterocycles. The van der Waals surface area contributed by atoms with Gasteiger partial charge in [0.25, 0.3) is 0 Å². The highest BCUT2D eigenvalue weighted by atomic mass is 16.5. The second-order valence-corrected chi connectivity index (χ2v) is 4.96. The highest BCUT2D eigenvalue weighted by Gasteiger charge is 2.52. The van der Waals surface area contributed by atoms with Crippen LogP contribution >= 0.6 is 0 Å². The smallest absolute Gasteiger partial charge is 0.233 e. The van der Waals surface area contributed by atoms with E-state index < -0.39 is 0 Å². The van der Waals surface area contributed by atoms with Gasteiger partial charge in [-0.05, 0) is 18.4 Å². The number of ether oxygens (including phenoxy) is 1. The van der Waals surface area contributed by atoms with Crippen LogP contribution in [-0.4, -0.2) is 49.3 Å². The van der Waals surface area contributed by atoms with E-state index in [9.17, 15) is 4.79 Å². The maximum absolute atomic E-state index is 12.7. The summed E-state index contributed by atoms with van der Waals surface area (Å²) in [6.45, 7) is 1.39. The van der Waals surface area contributed by atoms with Gasteiger partial charge < -0.3 is 14.7 Å². The molecule has 2 rings (SSSR count). The number of benzene rings is 1. The van der Waals surface area contributed by atoms with Crippen LogP contribution in [0.3, 0.4) is 0 Å². The summed E-state index contributed by atoms with van der Waals surface area (Å²) >= 11 is 0. The molecule has 0 unspecified atom stereocenters. The predicted molar refractivity (Wildman–Crippen MR) is 72.9 cm³/mol. The number of rotatable bonds is 7. The van der Waals surface area contributed by atoms with E-state index in [2.05, 4.69) is 0 Å². The number of hydrogen-bond acceptors (Lipinski definition) is 3. The third-order valence-corrected chi connectivity index (χ3v) is 3.71. The largest absolute Gasteiger partial charge is 0.395 e. The van der Waals surface area contributed by atoms with Crippen molar-refractivity contribution in [3.05, 3.63) is 35.9 Å². The van der Waals surface area contributed by atoms with E-state index in [-0.39, 0.29) is 17.9 Å². The van der Waals surface area contributed by atoms with Gasteiger partial charge in [0.15, 0.2) is 0 Å². The number of carbonyl (C=O) groups is 1. The number of aliphatic hydroxyl groups excluding tert-OH is 1. The molecule has 4 nitrogen and oxygen atoms in total. The summed E-state index contributed by atoms with van der Waals surface area (Å²) in [6.07, 6.45) is 1.79. The fourth-order valence-electron chi connectivity index (χ4n) is 2.45. The first-order valence-corrected chi connectivity index (χ1v) is 6.69. The highest BCUT2D eigenvalue weighted by molar-refractivity contribution is 5.91. The fraction of sp³-hybridized carbons (Fsp3) is 0.533. The van der Waals surface area contributed by atoms with Crippen molar-refractivity contribution in [1.82, 2.24) is 4.90 Å². The quantitative estimate of drug-likeness (QED) is 0.804. The summed E-state index contributed by atoms with van der Waals surface area (Å²) in [4.78, 5) is 14.4. The second kappa shape index (κ2) is 6.17. The molecule has 4 heteroatoms. The zero-order valence-electron chi connectivity index (χ0n) is 11.3. The number of carbonyl (C=O) groups excluding carboxylic acids is 1. The van der Waals surface area contributed by atoms with Gasteiger partial charge in [0.05, 0.1) is 18.6 Å². The third-order valence-electron chi connectivity index (χ3n) is 3.71. The van der Waals surface area contributed by atoms with Crippen LogP contribution in [0.1, 0.15) is 18.4 Å². The predicted octanol–water partition coefficient (Wildman–Crippen LogP) is 1.19. The first-order chi connectivity index (χ1) is 9.24. The molecule has 1 aliphatic rings. The van der Waals surface area contributed by atoms with E-state index in [0.717, 1.165) is 18.4 Å². The van der Waals surface area contributed by atoms with Gasteiger partial charge in [-0.15, -0.1) is 0 Å². The molecule has 0 aromatic heterocycles. The summed E-state index contributed by atoms with van der Waals surface area (Å²) in [5.41, 5.74) is 0.727. The molecule has 19 heavy (non-hydrogen) atoms. The molecule has 0 bridgehead atoms. The Hall–Kier alpha value is -1.39. The molecule has 0 saturated heterocycles. The lowest BCUT2D eigenvalue weighted by Gasteiger charge is -2.27. The standard InChI is InChI=1S/C15H21NO3/c1-19-12-10-16(9-11-17)14(18)15(7-8-15)13-5-3-2-4-6-13/h2-6,17H,7-12H2,1H3. The van der Waals surface area contributed by atoms with Gasteiger partial charge in [-0.1, -0.05) is 30.3 Å². The first-order valence-electron chi connectivity index (χ1n) is 6.69. The highest BCUT2D eigenvalue weighted by Crippen LogP contribution is 2.49. The minimum absolute atomic E-state index is 0.0136. The van der Waals surface area contributed by atoms with Crippen LogP contribution in [0, 0.1) is 0 Å². The van der Waals surface area contributed by atoms with E-state index in [1.807, 2.05) is 30.3 Å². The Bertz CT molecular complexity index is 415. The Morgan fingerprint density at radius 2 is 2.00 bits per heavy atom. The zero-order chi connectivity index (χ0) is 13.7. The normalized spacial score (nSPS) is 16.1. The van der Waals surface area contributed by atoms with Crippen molar-refractivity contribution in [3.8, 4) is 0 Å². The van der Waals surface area contributed by atoms with Crippen molar-refractivity contribution < 1.29 is 14.6 Å². The molecule has 1 aromatic rings. The Morgan fingerprint density at radius 3 is 2.53 bits per heavy atom. The molecule has 0 aliphatic heterocycles. The van der Waals surface area contributed by atoms with Crippen molar-refractivity contribution in [2.75, 3.05) is 33.4 Å². The zero-order valence-corrected chi connectivity index (χ0v) is 11.3. The van der Waals surface area contributed by atoms with Crippen molar-refractivity contribution in [3.63, 3.8) is 0 Å². The fourth-order valence-corrected chi connectivity index (χ4v) is 2.45. The number of hydrogen-bond donors (Lipinski definition) is 1. The van der Waals surface area contributed by atoms with Gasteiger partial charge in [-0.2, -0.15) is 0 Å². The SMILES string of the molecule is COCCN(CCO)C(=O)C1(c2ccccc2)CC1. The minimum atomic E-state index is -0.357. The lowest BCUT2D eigenvalue weighted by molar-refractivity contribution is -0.135. The van der Waals surface area contributed by atoms with E-state index >= 15 is 0 Å². The number of aliphatic hydroxyl groups is 1. The number of methoxy groups -OCH3 is 1. The molecule has 1 aromatic carbocycles. The topological polar surface area (TPSA) is 49.8 Å². The van der Waals surface area contributed by atoms with E-state index in [1.165, 1.54) is 0 Å². The molecule has 1 amide bonds. The Morgan fingerprint density at radius 1 is 1.32 bits per heavy atom. The summed E-state index contributed by atoms with van der Waals surface area (Å²) in [5.74, 6) is 0.116. The van der Waals surface area contributed by atoms with E-state index in [4.69, 9.17) is 9.84 Å². The van der Waals surface area contributed by atoms with Crippen LogP contribution in [-0.2, 0) is 14.9 Å². The van der Waals surface area contributed by atoms with Crippen molar-refractivity contribution in [2.45, 2.75) is 18.3 Å². The van der Waals surface area contributed by atoms with Crippen LogP contribution in [0.25, 0.3) is 0 Å². The molecular formula is C15H21NO3. The summed E-state index contributed by atoms with van der Waals surface area (Å²) in [7, 11) is 1.62. The van der Waals surface area contributed by atoms with Crippen LogP contribution in [0.15, 0.2) is 30.3 Å². The lowest BCUT2D eigenvalue weighted by Crippen LogP contribution is -2.42. The van der Waals surface area contributed by atoms with Crippen LogP contribution in [0.2, 0.25) is 0 Å². The third kappa shape index (κ3) is 2.96. The average Bonchev–Trinajstić information content (AvgIpc) is 3.25. The molecule has 1 aliphatic carbocycles. The number of amides is 1. The maximum atomic E-state index is 12.7. The molecule has 0 atom stereocenters. The Balaban J connectivity index is 2.12. The van der Waals surface area contributed by atoms with Crippen LogP contribution in [0.4, 0.5) is 0 Å². The molecule has 0 spiro atoms.